The summed E-state index contributed by atoms with van der Waals surface area (Å²) in [7, 11) is -0.702. The molecule has 0 aromatic carbocycles. The van der Waals surface area contributed by atoms with Gasteiger partial charge >= 0.3 is 0 Å². The fourth-order valence-electron chi connectivity index (χ4n) is 2.48. The third-order valence-corrected chi connectivity index (χ3v) is 5.70. The van der Waals surface area contributed by atoms with Crippen LogP contribution in [-0.4, -0.2) is 40.5 Å². The molecule has 4 unspecified atom stereocenters. The van der Waals surface area contributed by atoms with E-state index in [4.69, 9.17) is 4.74 Å². The summed E-state index contributed by atoms with van der Waals surface area (Å²) in [6, 6.07) is 0.596. The zero-order valence-corrected chi connectivity index (χ0v) is 12.9. The molecule has 1 heterocycles. The minimum Gasteiger partial charge on any atom is -0.377 e. The Kier molecular flexibility index (Phi) is 8.11. The lowest BCUT2D eigenvalue weighted by atomic mass is 10.1. The van der Waals surface area contributed by atoms with E-state index in [1.807, 2.05) is 6.92 Å². The molecule has 0 aliphatic carbocycles. The highest BCUT2D eigenvalue weighted by Crippen LogP contribution is 2.19. The molecule has 0 bridgehead atoms. The molecule has 3 nitrogen and oxygen atoms in total. The van der Waals surface area contributed by atoms with Gasteiger partial charge in [-0.25, -0.2) is 0 Å². The van der Waals surface area contributed by atoms with Gasteiger partial charge in [0.05, 0.1) is 11.4 Å². The predicted octanol–water partition coefficient (Wildman–Crippen LogP) is 2.47. The first-order valence-electron chi connectivity index (χ1n) is 7.41. The number of ether oxygens (including phenoxy) is 1. The molecule has 1 fully saturated rings. The highest BCUT2D eigenvalue weighted by atomic mass is 32.2. The van der Waals surface area contributed by atoms with Gasteiger partial charge in [-0.1, -0.05) is 13.8 Å². The van der Waals surface area contributed by atoms with Crippen molar-refractivity contribution in [2.24, 2.45) is 0 Å². The van der Waals surface area contributed by atoms with E-state index >= 15 is 0 Å². The summed E-state index contributed by atoms with van der Waals surface area (Å²) in [6.45, 7) is 8.34. The first kappa shape index (κ1) is 16.1. The van der Waals surface area contributed by atoms with Crippen molar-refractivity contribution in [3.63, 3.8) is 0 Å². The van der Waals surface area contributed by atoms with Gasteiger partial charge in [0, 0.05) is 29.2 Å². The summed E-state index contributed by atoms with van der Waals surface area (Å²) >= 11 is 0. The second kappa shape index (κ2) is 9.05. The molecular formula is C14H29NO2S. The molecule has 0 saturated carbocycles. The molecule has 1 aliphatic rings. The first-order valence-corrected chi connectivity index (χ1v) is 8.79. The van der Waals surface area contributed by atoms with Crippen LogP contribution in [-0.2, 0) is 15.5 Å². The average molecular weight is 275 g/mol. The van der Waals surface area contributed by atoms with Gasteiger partial charge in [0.2, 0.25) is 0 Å². The molecule has 4 atom stereocenters. The molecule has 1 aliphatic heterocycles. The van der Waals surface area contributed by atoms with Crippen LogP contribution in [0.5, 0.6) is 0 Å². The monoisotopic (exact) mass is 275 g/mol. The maximum atomic E-state index is 12.2. The molecule has 108 valence electrons. The molecule has 0 spiro atoms. The quantitative estimate of drug-likeness (QED) is 0.702. The summed E-state index contributed by atoms with van der Waals surface area (Å²) in [5, 5.41) is 3.82. The van der Waals surface area contributed by atoms with E-state index in [-0.39, 0.29) is 11.4 Å². The molecule has 0 radical (unpaired) electrons. The minimum absolute atomic E-state index is 0.186. The second-order valence-electron chi connectivity index (χ2n) is 5.19. The molecule has 4 heteroatoms. The van der Waals surface area contributed by atoms with E-state index in [0.717, 1.165) is 44.6 Å². The van der Waals surface area contributed by atoms with E-state index in [9.17, 15) is 4.21 Å². The van der Waals surface area contributed by atoms with Gasteiger partial charge < -0.3 is 10.1 Å². The number of hydrogen-bond acceptors (Lipinski definition) is 3. The molecule has 18 heavy (non-hydrogen) atoms. The van der Waals surface area contributed by atoms with Crippen LogP contribution in [0.2, 0.25) is 0 Å². The average Bonchev–Trinajstić information content (AvgIpc) is 2.79. The van der Waals surface area contributed by atoms with Gasteiger partial charge in [-0.15, -0.1) is 0 Å². The summed E-state index contributed by atoms with van der Waals surface area (Å²) in [5.41, 5.74) is 0. The van der Waals surface area contributed by atoms with Gasteiger partial charge in [0.15, 0.2) is 0 Å². The normalized spacial score (nSPS) is 27.3. The van der Waals surface area contributed by atoms with Gasteiger partial charge in [-0.05, 0) is 45.6 Å². The number of rotatable bonds is 9. The molecule has 0 aromatic rings. The van der Waals surface area contributed by atoms with Crippen LogP contribution >= 0.6 is 0 Å². The molecule has 1 rings (SSSR count). The third-order valence-electron chi connectivity index (χ3n) is 3.72. The van der Waals surface area contributed by atoms with Crippen molar-refractivity contribution >= 4 is 10.8 Å². The zero-order chi connectivity index (χ0) is 13.4. The Labute approximate surface area is 115 Å². The maximum Gasteiger partial charge on any atom is 0.0691 e. The Hall–Kier alpha value is 0.0700. The third kappa shape index (κ3) is 5.37. The smallest absolute Gasteiger partial charge is 0.0691 e. The van der Waals surface area contributed by atoms with Crippen LogP contribution in [0.1, 0.15) is 52.9 Å². The fraction of sp³-hybridized carbons (Fsp3) is 1.00. The molecule has 1 N–H and O–H groups in total. The lowest BCUT2D eigenvalue weighted by Crippen LogP contribution is -2.30. The Bertz CT molecular complexity index is 248. The van der Waals surface area contributed by atoms with Crippen LogP contribution in [0.25, 0.3) is 0 Å². The Balaban J connectivity index is 2.17. The van der Waals surface area contributed by atoms with Crippen molar-refractivity contribution < 1.29 is 8.95 Å². The summed E-state index contributed by atoms with van der Waals surface area (Å²) in [5.74, 6) is 0.836. The highest BCUT2D eigenvalue weighted by molar-refractivity contribution is 7.85. The van der Waals surface area contributed by atoms with Crippen molar-refractivity contribution in [2.75, 3.05) is 18.9 Å². The highest BCUT2D eigenvalue weighted by Gasteiger charge is 2.29. The van der Waals surface area contributed by atoms with E-state index in [1.165, 1.54) is 6.42 Å². The molecule has 0 amide bonds. The van der Waals surface area contributed by atoms with Crippen LogP contribution < -0.4 is 5.32 Å². The summed E-state index contributed by atoms with van der Waals surface area (Å²) in [6.07, 6.45) is 5.70. The van der Waals surface area contributed by atoms with Crippen LogP contribution in [0.15, 0.2) is 0 Å². The number of hydrogen-bond donors (Lipinski definition) is 1. The Morgan fingerprint density at radius 1 is 1.44 bits per heavy atom. The molecule has 0 aromatic heterocycles. The van der Waals surface area contributed by atoms with Crippen molar-refractivity contribution in [1.82, 2.24) is 5.32 Å². The molecular weight excluding hydrogens is 246 g/mol. The van der Waals surface area contributed by atoms with Gasteiger partial charge in [-0.2, -0.15) is 0 Å². The predicted molar refractivity (Wildman–Crippen MR) is 78.4 cm³/mol. The van der Waals surface area contributed by atoms with Crippen LogP contribution in [0.3, 0.4) is 0 Å². The summed E-state index contributed by atoms with van der Waals surface area (Å²) < 4.78 is 17.6. The zero-order valence-electron chi connectivity index (χ0n) is 12.1. The van der Waals surface area contributed by atoms with Crippen molar-refractivity contribution in [2.45, 2.75) is 70.3 Å². The summed E-state index contributed by atoms with van der Waals surface area (Å²) in [4.78, 5) is 0. The maximum absolute atomic E-state index is 12.2. The standard InChI is InChI=1S/C14H29NO2S/c1-4-9-15-13(5-2)7-6-11-18(16)14-8-10-17-12(14)3/h12-15H,4-11H2,1-3H3. The Morgan fingerprint density at radius 3 is 2.78 bits per heavy atom. The fourth-order valence-corrected chi connectivity index (χ4v) is 4.10. The van der Waals surface area contributed by atoms with Crippen molar-refractivity contribution in [3.8, 4) is 0 Å². The van der Waals surface area contributed by atoms with Gasteiger partial charge in [0.1, 0.15) is 0 Å². The van der Waals surface area contributed by atoms with Crippen LogP contribution in [0.4, 0.5) is 0 Å². The lowest BCUT2D eigenvalue weighted by Gasteiger charge is -2.17. The van der Waals surface area contributed by atoms with E-state index in [1.54, 1.807) is 0 Å². The van der Waals surface area contributed by atoms with E-state index in [0.29, 0.717) is 6.04 Å². The second-order valence-corrected chi connectivity index (χ2v) is 6.96. The van der Waals surface area contributed by atoms with Gasteiger partial charge in [0.25, 0.3) is 0 Å². The topological polar surface area (TPSA) is 38.3 Å². The largest absolute Gasteiger partial charge is 0.377 e. The lowest BCUT2D eigenvalue weighted by molar-refractivity contribution is 0.127. The van der Waals surface area contributed by atoms with E-state index < -0.39 is 10.8 Å². The van der Waals surface area contributed by atoms with Crippen molar-refractivity contribution in [1.29, 1.82) is 0 Å². The van der Waals surface area contributed by atoms with Crippen LogP contribution in [0, 0.1) is 0 Å². The van der Waals surface area contributed by atoms with E-state index in [2.05, 4.69) is 19.2 Å². The Morgan fingerprint density at radius 2 is 2.22 bits per heavy atom. The van der Waals surface area contributed by atoms with Gasteiger partial charge in [-0.3, -0.25) is 4.21 Å². The number of nitrogens with one attached hydrogen (secondary N) is 1. The molecule has 1 saturated heterocycles. The van der Waals surface area contributed by atoms with Crippen molar-refractivity contribution in [3.05, 3.63) is 0 Å². The minimum atomic E-state index is -0.702. The first-order chi connectivity index (χ1) is 8.69. The SMILES string of the molecule is CCCNC(CC)CCCS(=O)C1CCOC1C.